The molecule has 2 aromatic rings. The summed E-state index contributed by atoms with van der Waals surface area (Å²) >= 11 is 0. The Morgan fingerprint density at radius 3 is 2.45 bits per heavy atom. The molecule has 0 spiro atoms. The zero-order valence-electron chi connectivity index (χ0n) is 18.2. The van der Waals surface area contributed by atoms with Gasteiger partial charge in [-0.15, -0.1) is 0 Å². The summed E-state index contributed by atoms with van der Waals surface area (Å²) in [7, 11) is -2.58. The molecule has 0 aliphatic carbocycles. The number of rotatable bonds is 4. The third-order valence-corrected chi connectivity index (χ3v) is 6.78. The van der Waals surface area contributed by atoms with Crippen molar-refractivity contribution in [1.29, 1.82) is 0 Å². The van der Waals surface area contributed by atoms with Crippen LogP contribution in [-0.2, 0) is 14.8 Å². The van der Waals surface area contributed by atoms with Crippen LogP contribution in [0.1, 0.15) is 16.8 Å². The van der Waals surface area contributed by atoms with Gasteiger partial charge in [0.15, 0.2) is 11.5 Å². The van der Waals surface area contributed by atoms with Crippen LogP contribution in [0.15, 0.2) is 47.4 Å². The van der Waals surface area contributed by atoms with Crippen molar-refractivity contribution in [2.45, 2.75) is 11.3 Å². The summed E-state index contributed by atoms with van der Waals surface area (Å²) in [4.78, 5) is 28.0. The summed E-state index contributed by atoms with van der Waals surface area (Å²) in [6.45, 7) is 2.49. The molecule has 2 amide bonds. The van der Waals surface area contributed by atoms with E-state index in [9.17, 15) is 18.0 Å². The molecule has 4 rings (SSSR count). The van der Waals surface area contributed by atoms with E-state index in [2.05, 4.69) is 4.72 Å². The maximum absolute atomic E-state index is 13.0. The highest BCUT2D eigenvalue weighted by molar-refractivity contribution is 7.92. The molecule has 0 radical (unpaired) electrons. The van der Waals surface area contributed by atoms with Crippen LogP contribution in [0.2, 0.25) is 0 Å². The average Bonchev–Trinajstić information content (AvgIpc) is 3.09. The maximum Gasteiger partial charge on any atom is 0.409 e. The molecule has 2 aliphatic heterocycles. The Labute approximate surface area is 192 Å². The van der Waals surface area contributed by atoms with E-state index < -0.39 is 16.1 Å². The van der Waals surface area contributed by atoms with Crippen LogP contribution in [0.3, 0.4) is 0 Å². The zero-order valence-corrected chi connectivity index (χ0v) is 19.0. The van der Waals surface area contributed by atoms with Crippen molar-refractivity contribution >= 4 is 27.7 Å². The molecule has 10 nitrogen and oxygen atoms in total. The number of nitrogens with zero attached hydrogens (tertiary/aromatic N) is 2. The monoisotopic (exact) mass is 475 g/mol. The molecule has 1 saturated heterocycles. The summed E-state index contributed by atoms with van der Waals surface area (Å²) in [5.41, 5.74) is 0.616. The Hall–Kier alpha value is -3.47. The van der Waals surface area contributed by atoms with Crippen LogP contribution in [0.4, 0.5) is 10.5 Å². The Morgan fingerprint density at radius 1 is 0.939 bits per heavy atom. The first-order valence-electron chi connectivity index (χ1n) is 10.5. The number of sulfonamides is 1. The van der Waals surface area contributed by atoms with Gasteiger partial charge in [-0.05, 0) is 36.8 Å². The first kappa shape index (κ1) is 22.7. The minimum Gasteiger partial charge on any atom is -0.486 e. The van der Waals surface area contributed by atoms with Crippen LogP contribution in [0.5, 0.6) is 11.5 Å². The van der Waals surface area contributed by atoms with E-state index in [1.807, 2.05) is 0 Å². The molecule has 11 heteroatoms. The molecule has 2 aliphatic rings. The Balaban J connectivity index is 1.47. The minimum atomic E-state index is -3.91. The molecule has 0 atom stereocenters. The van der Waals surface area contributed by atoms with Crippen molar-refractivity contribution in [3.8, 4) is 11.5 Å². The lowest BCUT2D eigenvalue weighted by molar-refractivity contribution is 0.0757. The molecule has 176 valence electrons. The summed E-state index contributed by atoms with van der Waals surface area (Å²) < 4.78 is 44.0. The lowest BCUT2D eigenvalue weighted by atomic mass is 10.1. The number of ether oxygens (including phenoxy) is 3. The summed E-state index contributed by atoms with van der Waals surface area (Å²) in [6, 6.07) is 10.7. The van der Waals surface area contributed by atoms with Gasteiger partial charge in [-0.25, -0.2) is 13.2 Å². The minimum absolute atomic E-state index is 0.0268. The molecule has 0 aromatic heterocycles. The molecule has 0 unspecified atom stereocenters. The first-order chi connectivity index (χ1) is 15.9. The number of nitrogens with one attached hydrogen (secondary N) is 1. The van der Waals surface area contributed by atoms with Gasteiger partial charge >= 0.3 is 6.09 Å². The van der Waals surface area contributed by atoms with Crippen LogP contribution in [0, 0.1) is 0 Å². The summed E-state index contributed by atoms with van der Waals surface area (Å²) in [6.07, 6.45) is 0.205. The molecule has 2 aromatic carbocycles. The van der Waals surface area contributed by atoms with Crippen molar-refractivity contribution in [1.82, 2.24) is 9.80 Å². The maximum atomic E-state index is 13.0. The Bertz CT molecular complexity index is 1150. The van der Waals surface area contributed by atoms with Gasteiger partial charge in [0.25, 0.3) is 15.9 Å². The molecular formula is C22H25N3O7S. The highest BCUT2D eigenvalue weighted by atomic mass is 32.2. The molecular weight excluding hydrogens is 450 g/mol. The highest BCUT2D eigenvalue weighted by Gasteiger charge is 2.24. The normalized spacial score (nSPS) is 16.0. The van der Waals surface area contributed by atoms with Gasteiger partial charge in [0.05, 0.1) is 12.0 Å². The quantitative estimate of drug-likeness (QED) is 0.721. The van der Waals surface area contributed by atoms with Gasteiger partial charge in [0.1, 0.15) is 13.2 Å². The SMILES string of the molecule is COC(=O)N1CCCN(C(=O)c2cccc(NS(=O)(=O)c3ccc4c(c3)OCCO4)c2)CC1. The van der Waals surface area contributed by atoms with E-state index in [4.69, 9.17) is 14.2 Å². The number of fused-ring (bicyclic) bond motifs is 1. The average molecular weight is 476 g/mol. The summed E-state index contributed by atoms with van der Waals surface area (Å²) in [5.74, 6) is 0.633. The second-order valence-electron chi connectivity index (χ2n) is 7.59. The molecule has 33 heavy (non-hydrogen) atoms. The van der Waals surface area contributed by atoms with Gasteiger partial charge in [-0.1, -0.05) is 6.07 Å². The number of benzene rings is 2. The lowest BCUT2D eigenvalue weighted by Crippen LogP contribution is -2.37. The van der Waals surface area contributed by atoms with Crippen molar-refractivity contribution in [3.63, 3.8) is 0 Å². The third kappa shape index (κ3) is 5.14. The molecule has 0 bridgehead atoms. The van der Waals surface area contributed by atoms with E-state index in [1.54, 1.807) is 34.1 Å². The number of anilines is 1. The Kier molecular flexibility index (Phi) is 6.59. The molecule has 1 N–H and O–H groups in total. The van der Waals surface area contributed by atoms with Gasteiger partial charge in [0, 0.05) is 43.5 Å². The predicted molar refractivity (Wildman–Crippen MR) is 119 cm³/mol. The standard InChI is InChI=1S/C22H25N3O7S/c1-30-22(27)25-9-3-8-24(10-11-25)21(26)16-4-2-5-17(14-16)23-33(28,29)18-6-7-19-20(15-18)32-13-12-31-19/h2,4-7,14-15,23H,3,8-13H2,1H3. The van der Waals surface area contributed by atoms with Crippen molar-refractivity contribution < 1.29 is 32.2 Å². The smallest absolute Gasteiger partial charge is 0.409 e. The largest absolute Gasteiger partial charge is 0.486 e. The number of hydrogen-bond acceptors (Lipinski definition) is 7. The van der Waals surface area contributed by atoms with E-state index in [0.29, 0.717) is 62.9 Å². The second kappa shape index (κ2) is 9.57. The zero-order chi connectivity index (χ0) is 23.4. The summed E-state index contributed by atoms with van der Waals surface area (Å²) in [5, 5.41) is 0. The fraction of sp³-hybridized carbons (Fsp3) is 0.364. The lowest BCUT2D eigenvalue weighted by Gasteiger charge is -2.22. The third-order valence-electron chi connectivity index (χ3n) is 5.40. The van der Waals surface area contributed by atoms with Crippen LogP contribution in [0.25, 0.3) is 0 Å². The van der Waals surface area contributed by atoms with Gasteiger partial charge in [-0.3, -0.25) is 9.52 Å². The van der Waals surface area contributed by atoms with Crippen molar-refractivity contribution in [3.05, 3.63) is 48.0 Å². The molecule has 2 heterocycles. The van der Waals surface area contributed by atoms with E-state index >= 15 is 0 Å². The van der Waals surface area contributed by atoms with E-state index in [-0.39, 0.29) is 16.5 Å². The van der Waals surface area contributed by atoms with Crippen LogP contribution < -0.4 is 14.2 Å². The molecule has 1 fully saturated rings. The van der Waals surface area contributed by atoms with Gasteiger partial charge < -0.3 is 24.0 Å². The molecule has 0 saturated carbocycles. The number of amides is 2. The highest BCUT2D eigenvalue weighted by Crippen LogP contribution is 2.32. The van der Waals surface area contributed by atoms with E-state index in [1.165, 1.54) is 25.3 Å². The first-order valence-corrected chi connectivity index (χ1v) is 12.0. The van der Waals surface area contributed by atoms with Crippen LogP contribution in [-0.4, -0.2) is 76.7 Å². The van der Waals surface area contributed by atoms with E-state index in [0.717, 1.165) is 0 Å². The van der Waals surface area contributed by atoms with Gasteiger partial charge in [-0.2, -0.15) is 0 Å². The van der Waals surface area contributed by atoms with Crippen molar-refractivity contribution in [2.24, 2.45) is 0 Å². The number of hydrogen-bond donors (Lipinski definition) is 1. The van der Waals surface area contributed by atoms with Crippen molar-refractivity contribution in [2.75, 3.05) is 51.2 Å². The fourth-order valence-electron chi connectivity index (χ4n) is 3.74. The topological polar surface area (TPSA) is 114 Å². The Morgan fingerprint density at radius 2 is 1.67 bits per heavy atom. The van der Waals surface area contributed by atoms with Crippen LogP contribution >= 0.6 is 0 Å². The van der Waals surface area contributed by atoms with Gasteiger partial charge in [0.2, 0.25) is 0 Å². The predicted octanol–water partition coefficient (Wildman–Crippen LogP) is 2.17. The number of carbonyl (C=O) groups is 2. The fourth-order valence-corrected chi connectivity index (χ4v) is 4.80. The number of carbonyl (C=O) groups excluding carboxylic acids is 2. The number of methoxy groups -OCH3 is 1. The second-order valence-corrected chi connectivity index (χ2v) is 9.28.